The summed E-state index contributed by atoms with van der Waals surface area (Å²) in [6, 6.07) is 7.08. The van der Waals surface area contributed by atoms with Gasteiger partial charge in [0.25, 0.3) is 5.91 Å². The zero-order chi connectivity index (χ0) is 13.4. The van der Waals surface area contributed by atoms with Crippen molar-refractivity contribution in [2.45, 2.75) is 19.4 Å². The lowest BCUT2D eigenvalue weighted by molar-refractivity contribution is -0.127. The van der Waals surface area contributed by atoms with Crippen LogP contribution in [0.3, 0.4) is 0 Å². The molecule has 1 aromatic rings. The van der Waals surface area contributed by atoms with E-state index in [1.165, 1.54) is 0 Å². The molecular weight excluding hydrogens is 234 g/mol. The molecule has 100 valence electrons. The van der Waals surface area contributed by atoms with Crippen molar-refractivity contribution in [3.8, 4) is 11.5 Å². The molecule has 0 saturated carbocycles. The summed E-state index contributed by atoms with van der Waals surface area (Å²) in [5.41, 5.74) is 0. The van der Waals surface area contributed by atoms with Gasteiger partial charge in [-0.25, -0.2) is 0 Å². The Hall–Kier alpha value is -1.75. The maximum atomic E-state index is 11.6. The van der Waals surface area contributed by atoms with E-state index < -0.39 is 6.10 Å². The van der Waals surface area contributed by atoms with Gasteiger partial charge in [-0.05, 0) is 25.5 Å². The Morgan fingerprint density at radius 1 is 1.44 bits per heavy atom. The quantitative estimate of drug-likeness (QED) is 0.710. The summed E-state index contributed by atoms with van der Waals surface area (Å²) in [6.45, 7) is 2.18. The van der Waals surface area contributed by atoms with Crippen LogP contribution in [0.4, 0.5) is 0 Å². The van der Waals surface area contributed by atoms with Crippen LogP contribution < -0.4 is 14.8 Å². The zero-order valence-electron chi connectivity index (χ0n) is 10.7. The standard InChI is InChI=1S/C13H19NO4/c1-10(13(16)14-7-4-8-15)18-12-6-3-5-11(9-12)17-2/h3,5-6,9-10,15H,4,7-8H2,1-2H3,(H,14,16)/t10-/m1/s1. The molecule has 0 radical (unpaired) electrons. The summed E-state index contributed by atoms with van der Waals surface area (Å²) in [4.78, 5) is 11.6. The van der Waals surface area contributed by atoms with Crippen LogP contribution in [0.5, 0.6) is 11.5 Å². The Morgan fingerprint density at radius 2 is 2.17 bits per heavy atom. The van der Waals surface area contributed by atoms with Crippen molar-refractivity contribution in [1.29, 1.82) is 0 Å². The summed E-state index contributed by atoms with van der Waals surface area (Å²) in [6.07, 6.45) is -0.0479. The van der Waals surface area contributed by atoms with Gasteiger partial charge in [-0.3, -0.25) is 4.79 Å². The average molecular weight is 253 g/mol. The van der Waals surface area contributed by atoms with E-state index in [2.05, 4.69) is 5.32 Å². The monoisotopic (exact) mass is 253 g/mol. The molecule has 0 aromatic heterocycles. The predicted molar refractivity (Wildman–Crippen MR) is 67.8 cm³/mol. The zero-order valence-corrected chi connectivity index (χ0v) is 10.7. The fourth-order valence-electron chi connectivity index (χ4n) is 1.37. The molecule has 0 aliphatic heterocycles. The molecule has 0 aliphatic carbocycles. The number of ether oxygens (including phenoxy) is 2. The first kappa shape index (κ1) is 14.3. The topological polar surface area (TPSA) is 67.8 Å². The Kier molecular flexibility index (Phi) is 6.00. The third-order valence-corrected chi connectivity index (χ3v) is 2.36. The van der Waals surface area contributed by atoms with Crippen molar-refractivity contribution in [3.63, 3.8) is 0 Å². The molecule has 0 fully saturated rings. The van der Waals surface area contributed by atoms with Crippen molar-refractivity contribution < 1.29 is 19.4 Å². The van der Waals surface area contributed by atoms with Crippen molar-refractivity contribution >= 4 is 5.91 Å². The van der Waals surface area contributed by atoms with Gasteiger partial charge in [0, 0.05) is 19.2 Å². The number of benzene rings is 1. The number of hydrogen-bond donors (Lipinski definition) is 2. The van der Waals surface area contributed by atoms with E-state index in [1.807, 2.05) is 0 Å². The first-order valence-corrected chi connectivity index (χ1v) is 5.86. The van der Waals surface area contributed by atoms with Gasteiger partial charge >= 0.3 is 0 Å². The van der Waals surface area contributed by atoms with Crippen molar-refractivity contribution in [3.05, 3.63) is 24.3 Å². The van der Waals surface area contributed by atoms with E-state index >= 15 is 0 Å². The second kappa shape index (κ2) is 7.55. The minimum Gasteiger partial charge on any atom is -0.497 e. The summed E-state index contributed by atoms with van der Waals surface area (Å²) in [5, 5.41) is 11.3. The second-order valence-corrected chi connectivity index (χ2v) is 3.81. The van der Waals surface area contributed by atoms with E-state index in [1.54, 1.807) is 38.3 Å². The average Bonchev–Trinajstić information content (AvgIpc) is 2.39. The number of nitrogens with one attached hydrogen (secondary N) is 1. The lowest BCUT2D eigenvalue weighted by Crippen LogP contribution is -2.37. The van der Waals surface area contributed by atoms with Crippen LogP contribution in [-0.2, 0) is 4.79 Å². The summed E-state index contributed by atoms with van der Waals surface area (Å²) in [5.74, 6) is 1.06. The van der Waals surface area contributed by atoms with Crippen LogP contribution in [0.2, 0.25) is 0 Å². The normalized spacial score (nSPS) is 11.7. The number of carbonyl (C=O) groups is 1. The van der Waals surface area contributed by atoms with E-state index in [4.69, 9.17) is 14.6 Å². The van der Waals surface area contributed by atoms with Crippen molar-refractivity contribution in [1.82, 2.24) is 5.32 Å². The fourth-order valence-corrected chi connectivity index (χ4v) is 1.37. The molecule has 1 aromatic carbocycles. The Balaban J connectivity index is 2.47. The molecule has 0 aliphatic rings. The number of aliphatic hydroxyl groups excluding tert-OH is 1. The van der Waals surface area contributed by atoms with E-state index in [-0.39, 0.29) is 12.5 Å². The largest absolute Gasteiger partial charge is 0.497 e. The molecule has 0 unspecified atom stereocenters. The minimum absolute atomic E-state index is 0.0609. The molecule has 2 N–H and O–H groups in total. The number of aliphatic hydroxyl groups is 1. The third-order valence-electron chi connectivity index (χ3n) is 2.36. The second-order valence-electron chi connectivity index (χ2n) is 3.81. The van der Waals surface area contributed by atoms with Gasteiger partial charge in [0.05, 0.1) is 7.11 Å². The SMILES string of the molecule is COc1cccc(O[C@H](C)C(=O)NCCCO)c1. The van der Waals surface area contributed by atoms with Crippen LogP contribution in [0.1, 0.15) is 13.3 Å². The Morgan fingerprint density at radius 3 is 2.83 bits per heavy atom. The first-order valence-electron chi connectivity index (χ1n) is 5.86. The van der Waals surface area contributed by atoms with Crippen LogP contribution >= 0.6 is 0 Å². The maximum Gasteiger partial charge on any atom is 0.260 e. The van der Waals surface area contributed by atoms with E-state index in [0.29, 0.717) is 24.5 Å². The van der Waals surface area contributed by atoms with Crippen molar-refractivity contribution in [2.24, 2.45) is 0 Å². The maximum absolute atomic E-state index is 11.6. The number of hydrogen-bond acceptors (Lipinski definition) is 4. The predicted octanol–water partition coefficient (Wildman–Crippen LogP) is 0.961. The molecule has 5 nitrogen and oxygen atoms in total. The number of methoxy groups -OCH3 is 1. The summed E-state index contributed by atoms with van der Waals surface area (Å²) < 4.78 is 10.6. The molecule has 1 atom stereocenters. The number of amides is 1. The smallest absolute Gasteiger partial charge is 0.260 e. The van der Waals surface area contributed by atoms with Gasteiger partial charge in [-0.1, -0.05) is 6.07 Å². The third kappa shape index (κ3) is 4.63. The molecule has 0 saturated heterocycles. The minimum atomic E-state index is -0.587. The summed E-state index contributed by atoms with van der Waals surface area (Å²) >= 11 is 0. The molecule has 0 spiro atoms. The summed E-state index contributed by atoms with van der Waals surface area (Å²) in [7, 11) is 1.57. The number of carbonyl (C=O) groups excluding carboxylic acids is 1. The molecule has 1 rings (SSSR count). The first-order chi connectivity index (χ1) is 8.67. The highest BCUT2D eigenvalue weighted by Crippen LogP contribution is 2.19. The van der Waals surface area contributed by atoms with Crippen LogP contribution in [-0.4, -0.2) is 37.4 Å². The molecule has 18 heavy (non-hydrogen) atoms. The van der Waals surface area contributed by atoms with E-state index in [9.17, 15) is 4.79 Å². The van der Waals surface area contributed by atoms with Gasteiger partial charge in [-0.2, -0.15) is 0 Å². The highest BCUT2D eigenvalue weighted by molar-refractivity contribution is 5.80. The van der Waals surface area contributed by atoms with Gasteiger partial charge in [-0.15, -0.1) is 0 Å². The van der Waals surface area contributed by atoms with Crippen LogP contribution in [0.25, 0.3) is 0 Å². The molecule has 0 heterocycles. The van der Waals surface area contributed by atoms with Gasteiger partial charge in [0.2, 0.25) is 0 Å². The van der Waals surface area contributed by atoms with Crippen LogP contribution in [0, 0.1) is 0 Å². The highest BCUT2D eigenvalue weighted by atomic mass is 16.5. The molecule has 0 bridgehead atoms. The highest BCUT2D eigenvalue weighted by Gasteiger charge is 2.13. The lowest BCUT2D eigenvalue weighted by Gasteiger charge is -2.15. The van der Waals surface area contributed by atoms with Gasteiger partial charge < -0.3 is 19.9 Å². The molecule has 1 amide bonds. The fraction of sp³-hybridized carbons (Fsp3) is 0.462. The number of rotatable bonds is 7. The lowest BCUT2D eigenvalue weighted by atomic mass is 10.3. The molecule has 5 heteroatoms. The van der Waals surface area contributed by atoms with Gasteiger partial charge in [0.1, 0.15) is 11.5 Å². The van der Waals surface area contributed by atoms with Crippen LogP contribution in [0.15, 0.2) is 24.3 Å². The Bertz CT molecular complexity index is 381. The van der Waals surface area contributed by atoms with E-state index in [0.717, 1.165) is 0 Å². The van der Waals surface area contributed by atoms with Crippen molar-refractivity contribution in [2.75, 3.05) is 20.3 Å². The Labute approximate surface area is 107 Å². The molecular formula is C13H19NO4. The van der Waals surface area contributed by atoms with Gasteiger partial charge in [0.15, 0.2) is 6.10 Å².